The molecule has 2 bridgehead atoms. The standard InChI is InChI=1S/C24H25FN4O5/c1-12-10-16(28-34-12)26-20(30)17-15-8-9-24(33-15)18(17)22(32)29(14-7-5-6-13(25)11-14)19(24)21(31)27-23(2,3)4/h5-11,15,17-19H,1-4H3,(H,27,31)(H,26,28,30)/t15-,17-,18-,19+,24-/m0/s1. The number of amides is 3. The normalized spacial score (nSPS) is 29.4. The fourth-order valence-electron chi connectivity index (χ4n) is 5.15. The van der Waals surface area contributed by atoms with Gasteiger partial charge in [0.1, 0.15) is 23.2 Å². The highest BCUT2D eigenvalue weighted by Crippen LogP contribution is 2.56. The maximum Gasteiger partial charge on any atom is 0.246 e. The van der Waals surface area contributed by atoms with E-state index in [-0.39, 0.29) is 11.5 Å². The summed E-state index contributed by atoms with van der Waals surface area (Å²) < 4.78 is 25.3. The molecule has 3 amide bonds. The van der Waals surface area contributed by atoms with Crippen LogP contribution in [-0.4, -0.2) is 46.2 Å². The third kappa shape index (κ3) is 3.40. The van der Waals surface area contributed by atoms with Crippen LogP contribution in [0.4, 0.5) is 15.9 Å². The molecule has 2 saturated heterocycles. The molecule has 0 aliphatic carbocycles. The van der Waals surface area contributed by atoms with Crippen molar-refractivity contribution in [1.82, 2.24) is 10.5 Å². The topological polar surface area (TPSA) is 114 Å². The average Bonchev–Trinajstić information content (AvgIpc) is 3.47. The van der Waals surface area contributed by atoms with Crippen LogP contribution < -0.4 is 15.5 Å². The molecule has 1 spiro atoms. The summed E-state index contributed by atoms with van der Waals surface area (Å²) in [5.41, 5.74) is -1.75. The number of hydrogen-bond donors (Lipinski definition) is 2. The molecule has 5 atom stereocenters. The lowest BCUT2D eigenvalue weighted by Crippen LogP contribution is -2.58. The van der Waals surface area contributed by atoms with Gasteiger partial charge in [-0.3, -0.25) is 19.3 Å². The summed E-state index contributed by atoms with van der Waals surface area (Å²) in [7, 11) is 0. The van der Waals surface area contributed by atoms with Gasteiger partial charge in [0.2, 0.25) is 17.7 Å². The van der Waals surface area contributed by atoms with E-state index in [0.717, 1.165) is 0 Å². The minimum absolute atomic E-state index is 0.217. The molecule has 1 aromatic heterocycles. The summed E-state index contributed by atoms with van der Waals surface area (Å²) >= 11 is 0. The molecule has 4 heterocycles. The number of anilines is 2. The Balaban J connectivity index is 1.56. The van der Waals surface area contributed by atoms with Gasteiger partial charge >= 0.3 is 0 Å². The number of carbonyl (C=O) groups excluding carboxylic acids is 3. The number of halogens is 1. The van der Waals surface area contributed by atoms with Crippen LogP contribution in [0.15, 0.2) is 47.0 Å². The Morgan fingerprint density at radius 2 is 1.97 bits per heavy atom. The number of benzene rings is 1. The molecule has 3 aliphatic rings. The number of nitrogens with zero attached hydrogens (tertiary/aromatic N) is 2. The third-order valence-electron chi connectivity index (χ3n) is 6.29. The molecule has 178 valence electrons. The van der Waals surface area contributed by atoms with Crippen LogP contribution in [0, 0.1) is 24.6 Å². The highest BCUT2D eigenvalue weighted by Gasteiger charge is 2.73. The Morgan fingerprint density at radius 3 is 2.62 bits per heavy atom. The average molecular weight is 468 g/mol. The lowest BCUT2D eigenvalue weighted by atomic mass is 9.74. The first-order valence-electron chi connectivity index (χ1n) is 11.0. The van der Waals surface area contributed by atoms with Gasteiger partial charge in [-0.1, -0.05) is 23.4 Å². The summed E-state index contributed by atoms with van der Waals surface area (Å²) in [4.78, 5) is 41.9. The van der Waals surface area contributed by atoms with Crippen molar-refractivity contribution in [3.8, 4) is 0 Å². The van der Waals surface area contributed by atoms with E-state index >= 15 is 0 Å². The van der Waals surface area contributed by atoms with Crippen molar-refractivity contribution in [2.75, 3.05) is 10.2 Å². The van der Waals surface area contributed by atoms with Crippen LogP contribution in [-0.2, 0) is 19.1 Å². The van der Waals surface area contributed by atoms with Crippen LogP contribution in [0.25, 0.3) is 0 Å². The van der Waals surface area contributed by atoms with Gasteiger partial charge in [0.05, 0.1) is 17.9 Å². The number of aromatic nitrogens is 1. The van der Waals surface area contributed by atoms with Gasteiger partial charge in [-0.2, -0.15) is 0 Å². The van der Waals surface area contributed by atoms with Crippen molar-refractivity contribution in [3.63, 3.8) is 0 Å². The number of ether oxygens (including phenoxy) is 1. The van der Waals surface area contributed by atoms with Crippen LogP contribution in [0.5, 0.6) is 0 Å². The van der Waals surface area contributed by atoms with Crippen LogP contribution in [0.1, 0.15) is 26.5 Å². The summed E-state index contributed by atoms with van der Waals surface area (Å²) in [5.74, 6) is -3.10. The highest BCUT2D eigenvalue weighted by atomic mass is 19.1. The zero-order valence-electron chi connectivity index (χ0n) is 19.2. The third-order valence-corrected chi connectivity index (χ3v) is 6.29. The lowest BCUT2D eigenvalue weighted by Gasteiger charge is -2.34. The first kappa shape index (κ1) is 22.3. The van der Waals surface area contributed by atoms with Crippen LogP contribution >= 0.6 is 0 Å². The molecule has 0 radical (unpaired) electrons. The lowest BCUT2D eigenvalue weighted by molar-refractivity contribution is -0.129. The first-order chi connectivity index (χ1) is 16.0. The molecular weight excluding hydrogens is 443 g/mol. The molecule has 1 aromatic carbocycles. The molecule has 0 saturated carbocycles. The molecule has 34 heavy (non-hydrogen) atoms. The predicted octanol–water partition coefficient (Wildman–Crippen LogP) is 2.33. The van der Waals surface area contributed by atoms with Crippen LogP contribution in [0.3, 0.4) is 0 Å². The first-order valence-corrected chi connectivity index (χ1v) is 11.0. The van der Waals surface area contributed by atoms with Crippen molar-refractivity contribution in [2.45, 2.75) is 51.0 Å². The summed E-state index contributed by atoms with van der Waals surface area (Å²) in [6.07, 6.45) is 2.70. The van der Waals surface area contributed by atoms with Crippen molar-refractivity contribution in [3.05, 3.63) is 54.1 Å². The van der Waals surface area contributed by atoms with E-state index in [9.17, 15) is 18.8 Å². The van der Waals surface area contributed by atoms with Gasteiger partial charge in [-0.05, 0) is 45.9 Å². The second-order valence-corrected chi connectivity index (χ2v) is 9.94. The number of nitrogens with one attached hydrogen (secondary N) is 2. The van der Waals surface area contributed by atoms with Gasteiger partial charge in [0.15, 0.2) is 5.82 Å². The van der Waals surface area contributed by atoms with Crippen molar-refractivity contribution < 1.29 is 28.0 Å². The smallest absolute Gasteiger partial charge is 0.246 e. The maximum atomic E-state index is 14.1. The molecule has 0 unspecified atom stereocenters. The number of aryl methyl sites for hydroxylation is 1. The van der Waals surface area contributed by atoms with Gasteiger partial charge < -0.3 is 19.9 Å². The van der Waals surface area contributed by atoms with E-state index in [1.54, 1.807) is 31.2 Å². The van der Waals surface area contributed by atoms with E-state index in [4.69, 9.17) is 9.26 Å². The zero-order valence-corrected chi connectivity index (χ0v) is 19.2. The summed E-state index contributed by atoms with van der Waals surface area (Å²) in [5, 5.41) is 9.37. The Hall–Kier alpha value is -3.53. The second-order valence-electron chi connectivity index (χ2n) is 9.94. The van der Waals surface area contributed by atoms with Gasteiger partial charge in [0, 0.05) is 17.3 Å². The molecule has 2 aromatic rings. The largest absolute Gasteiger partial charge is 0.360 e. The van der Waals surface area contributed by atoms with Crippen LogP contribution in [0.2, 0.25) is 0 Å². The molecule has 10 heteroatoms. The Bertz CT molecular complexity index is 1220. The van der Waals surface area contributed by atoms with Crippen molar-refractivity contribution in [1.29, 1.82) is 0 Å². The minimum Gasteiger partial charge on any atom is -0.360 e. The Labute approximate surface area is 195 Å². The Kier molecular flexibility index (Phi) is 4.91. The van der Waals surface area contributed by atoms with E-state index in [1.165, 1.54) is 23.1 Å². The van der Waals surface area contributed by atoms with Crippen molar-refractivity contribution >= 4 is 29.2 Å². The van der Waals surface area contributed by atoms with E-state index in [2.05, 4.69) is 15.8 Å². The zero-order chi connectivity index (χ0) is 24.4. The van der Waals surface area contributed by atoms with Gasteiger partial charge in [-0.25, -0.2) is 4.39 Å². The number of carbonyl (C=O) groups is 3. The molecule has 2 fully saturated rings. The van der Waals surface area contributed by atoms with Gasteiger partial charge in [0.25, 0.3) is 0 Å². The molecular formula is C24H25FN4O5. The SMILES string of the molecule is Cc1cc(NC(=O)[C@H]2[C@@H]3C=C[C@]4(O3)[C@@H]2C(=O)N(c2cccc(F)c2)[C@@H]4C(=O)NC(C)(C)C)no1. The molecule has 5 rings (SSSR count). The predicted molar refractivity (Wildman–Crippen MR) is 119 cm³/mol. The van der Waals surface area contributed by atoms with E-state index < -0.39 is 58.7 Å². The quantitative estimate of drug-likeness (QED) is 0.666. The molecule has 3 aliphatic heterocycles. The van der Waals surface area contributed by atoms with Crippen molar-refractivity contribution in [2.24, 2.45) is 11.8 Å². The monoisotopic (exact) mass is 468 g/mol. The number of hydrogen-bond acceptors (Lipinski definition) is 6. The summed E-state index contributed by atoms with van der Waals surface area (Å²) in [6, 6.07) is 5.90. The fraction of sp³-hybridized carbons (Fsp3) is 0.417. The minimum atomic E-state index is -1.37. The second kappa shape index (κ2) is 7.49. The summed E-state index contributed by atoms with van der Waals surface area (Å²) in [6.45, 7) is 7.16. The highest BCUT2D eigenvalue weighted by molar-refractivity contribution is 6.11. The molecule has 2 N–H and O–H groups in total. The number of fused-ring (bicyclic) bond motifs is 1. The number of rotatable bonds is 4. The molecule has 9 nitrogen and oxygen atoms in total. The Morgan fingerprint density at radius 1 is 1.21 bits per heavy atom. The van der Waals surface area contributed by atoms with E-state index in [1.807, 2.05) is 20.8 Å². The maximum absolute atomic E-state index is 14.1. The van der Waals surface area contributed by atoms with Gasteiger partial charge in [-0.15, -0.1) is 0 Å². The fourth-order valence-corrected chi connectivity index (χ4v) is 5.15. The van der Waals surface area contributed by atoms with E-state index in [0.29, 0.717) is 5.76 Å².